The summed E-state index contributed by atoms with van der Waals surface area (Å²) in [4.78, 5) is 8.08. The summed E-state index contributed by atoms with van der Waals surface area (Å²) < 4.78 is 42.5. The molecule has 2 rings (SSSR count). The zero-order valence-corrected chi connectivity index (χ0v) is 10.6. The second kappa shape index (κ2) is 5.36. The highest BCUT2D eigenvalue weighted by Crippen LogP contribution is 2.30. The lowest BCUT2D eigenvalue weighted by atomic mass is 10.2. The zero-order chi connectivity index (χ0) is 14.8. The molecule has 0 atom stereocenters. The Labute approximate surface area is 113 Å². The number of aryl methyl sites for hydroxylation is 1. The molecular formula is C13H12F3N3O. The molecule has 0 aliphatic rings. The van der Waals surface area contributed by atoms with Gasteiger partial charge in [-0.25, -0.2) is 9.97 Å². The van der Waals surface area contributed by atoms with E-state index in [0.29, 0.717) is 23.1 Å². The van der Waals surface area contributed by atoms with Crippen molar-refractivity contribution in [3.8, 4) is 5.75 Å². The minimum absolute atomic E-state index is 0.0389. The first-order valence-electron chi connectivity index (χ1n) is 5.75. The van der Waals surface area contributed by atoms with Crippen molar-refractivity contribution >= 4 is 5.82 Å². The minimum atomic E-state index is -4.35. The molecule has 1 heterocycles. The monoisotopic (exact) mass is 283 g/mol. The Morgan fingerprint density at radius 2 is 1.80 bits per heavy atom. The molecule has 1 aromatic heterocycles. The molecular weight excluding hydrogens is 271 g/mol. The zero-order valence-electron chi connectivity index (χ0n) is 10.6. The van der Waals surface area contributed by atoms with Gasteiger partial charge in [-0.15, -0.1) is 0 Å². The molecule has 4 nitrogen and oxygen atoms in total. The molecule has 2 aromatic rings. The number of aromatic nitrogens is 2. The van der Waals surface area contributed by atoms with Gasteiger partial charge >= 0.3 is 6.18 Å². The summed E-state index contributed by atoms with van der Waals surface area (Å²) >= 11 is 0. The Morgan fingerprint density at radius 3 is 2.35 bits per heavy atom. The van der Waals surface area contributed by atoms with Gasteiger partial charge in [0.1, 0.15) is 18.2 Å². The predicted molar refractivity (Wildman–Crippen MR) is 67.0 cm³/mol. The van der Waals surface area contributed by atoms with Gasteiger partial charge in [0.15, 0.2) is 5.82 Å². The summed E-state index contributed by atoms with van der Waals surface area (Å²) in [6.07, 6.45) is -4.35. The third-order valence-corrected chi connectivity index (χ3v) is 2.47. The molecule has 0 saturated carbocycles. The van der Waals surface area contributed by atoms with E-state index in [9.17, 15) is 13.2 Å². The molecule has 0 radical (unpaired) electrons. The van der Waals surface area contributed by atoms with Crippen LogP contribution in [0.4, 0.5) is 19.0 Å². The number of nitrogen functional groups attached to an aromatic ring is 1. The van der Waals surface area contributed by atoms with Crippen molar-refractivity contribution in [3.63, 3.8) is 0 Å². The second-order valence-electron chi connectivity index (χ2n) is 4.16. The molecule has 20 heavy (non-hydrogen) atoms. The Kier molecular flexibility index (Phi) is 3.78. The summed E-state index contributed by atoms with van der Waals surface area (Å²) in [7, 11) is 0. The van der Waals surface area contributed by atoms with Gasteiger partial charge in [0.05, 0.1) is 5.56 Å². The molecule has 106 valence electrons. The third-order valence-electron chi connectivity index (χ3n) is 2.47. The number of anilines is 1. The lowest BCUT2D eigenvalue weighted by Crippen LogP contribution is -2.06. The SMILES string of the molecule is Cc1cc(N)nc(COc2ccc(C(F)(F)F)cc2)n1. The van der Waals surface area contributed by atoms with Crippen molar-refractivity contribution in [2.75, 3.05) is 5.73 Å². The van der Waals surface area contributed by atoms with Crippen molar-refractivity contribution in [1.82, 2.24) is 9.97 Å². The maximum atomic E-state index is 12.4. The van der Waals surface area contributed by atoms with Crippen LogP contribution in [0.3, 0.4) is 0 Å². The van der Waals surface area contributed by atoms with E-state index in [-0.39, 0.29) is 6.61 Å². The molecule has 0 saturated heterocycles. The van der Waals surface area contributed by atoms with E-state index < -0.39 is 11.7 Å². The maximum Gasteiger partial charge on any atom is 0.416 e. The predicted octanol–water partition coefficient (Wildman–Crippen LogP) is 2.97. The fourth-order valence-electron chi connectivity index (χ4n) is 1.61. The molecule has 0 aliphatic heterocycles. The van der Waals surface area contributed by atoms with Gasteiger partial charge in [0.25, 0.3) is 0 Å². The van der Waals surface area contributed by atoms with Gasteiger partial charge in [0.2, 0.25) is 0 Å². The summed E-state index contributed by atoms with van der Waals surface area (Å²) in [5, 5.41) is 0. The van der Waals surface area contributed by atoms with Crippen molar-refractivity contribution in [1.29, 1.82) is 0 Å². The van der Waals surface area contributed by atoms with E-state index in [4.69, 9.17) is 10.5 Å². The average molecular weight is 283 g/mol. The Balaban J connectivity index is 2.04. The van der Waals surface area contributed by atoms with Crippen LogP contribution in [-0.2, 0) is 12.8 Å². The van der Waals surface area contributed by atoms with Crippen LogP contribution in [-0.4, -0.2) is 9.97 Å². The summed E-state index contributed by atoms with van der Waals surface area (Å²) in [6, 6.07) is 6.03. The first kappa shape index (κ1) is 14.1. The standard InChI is InChI=1S/C13H12F3N3O/c1-8-6-11(17)19-12(18-8)7-20-10-4-2-9(3-5-10)13(14,15)16/h2-6H,7H2,1H3,(H2,17,18,19). The highest BCUT2D eigenvalue weighted by molar-refractivity contribution is 5.30. The Bertz CT molecular complexity index is 577. The number of nitrogens with zero attached hydrogens (tertiary/aromatic N) is 2. The molecule has 2 N–H and O–H groups in total. The first-order valence-corrected chi connectivity index (χ1v) is 5.75. The van der Waals surface area contributed by atoms with Gasteiger partial charge < -0.3 is 10.5 Å². The molecule has 0 bridgehead atoms. The van der Waals surface area contributed by atoms with Gasteiger partial charge in [0, 0.05) is 11.8 Å². The van der Waals surface area contributed by atoms with Gasteiger partial charge in [-0.2, -0.15) is 13.2 Å². The minimum Gasteiger partial charge on any atom is -0.486 e. The van der Waals surface area contributed by atoms with Crippen LogP contribution in [0.1, 0.15) is 17.1 Å². The van der Waals surface area contributed by atoms with E-state index in [1.165, 1.54) is 12.1 Å². The number of alkyl halides is 3. The van der Waals surface area contributed by atoms with Gasteiger partial charge in [-0.3, -0.25) is 0 Å². The van der Waals surface area contributed by atoms with E-state index in [2.05, 4.69) is 9.97 Å². The van der Waals surface area contributed by atoms with Crippen molar-refractivity contribution in [3.05, 3.63) is 47.4 Å². The molecule has 0 amide bonds. The molecule has 0 spiro atoms. The smallest absolute Gasteiger partial charge is 0.416 e. The average Bonchev–Trinajstić information content (AvgIpc) is 2.35. The van der Waals surface area contributed by atoms with Crippen LogP contribution < -0.4 is 10.5 Å². The number of rotatable bonds is 3. The second-order valence-corrected chi connectivity index (χ2v) is 4.16. The highest BCUT2D eigenvalue weighted by atomic mass is 19.4. The van der Waals surface area contributed by atoms with E-state index in [1.54, 1.807) is 13.0 Å². The molecule has 0 aliphatic carbocycles. The van der Waals surface area contributed by atoms with E-state index in [1.807, 2.05) is 0 Å². The summed E-state index contributed by atoms with van der Waals surface area (Å²) in [6.45, 7) is 1.80. The number of hydrogen-bond acceptors (Lipinski definition) is 4. The van der Waals surface area contributed by atoms with E-state index in [0.717, 1.165) is 12.1 Å². The lowest BCUT2D eigenvalue weighted by molar-refractivity contribution is -0.137. The van der Waals surface area contributed by atoms with Crippen molar-refractivity contribution in [2.24, 2.45) is 0 Å². The quantitative estimate of drug-likeness (QED) is 0.940. The third kappa shape index (κ3) is 3.59. The van der Waals surface area contributed by atoms with Crippen molar-refractivity contribution < 1.29 is 17.9 Å². The Morgan fingerprint density at radius 1 is 1.15 bits per heavy atom. The lowest BCUT2D eigenvalue weighted by Gasteiger charge is -2.09. The van der Waals surface area contributed by atoms with Gasteiger partial charge in [-0.1, -0.05) is 0 Å². The van der Waals surface area contributed by atoms with Crippen LogP contribution >= 0.6 is 0 Å². The van der Waals surface area contributed by atoms with Crippen molar-refractivity contribution in [2.45, 2.75) is 19.7 Å². The first-order chi connectivity index (χ1) is 9.34. The Hall–Kier alpha value is -2.31. The van der Waals surface area contributed by atoms with Crippen LogP contribution in [0.5, 0.6) is 5.75 Å². The largest absolute Gasteiger partial charge is 0.486 e. The van der Waals surface area contributed by atoms with Crippen LogP contribution in [0.15, 0.2) is 30.3 Å². The van der Waals surface area contributed by atoms with Crippen LogP contribution in [0.25, 0.3) is 0 Å². The molecule has 0 fully saturated rings. The topological polar surface area (TPSA) is 61.0 Å². The fraction of sp³-hybridized carbons (Fsp3) is 0.231. The number of nitrogens with two attached hydrogens (primary N) is 1. The number of halogens is 3. The normalized spacial score (nSPS) is 11.4. The molecule has 7 heteroatoms. The maximum absolute atomic E-state index is 12.4. The summed E-state index contributed by atoms with van der Waals surface area (Å²) in [5.74, 6) is 1.01. The molecule has 0 unspecified atom stereocenters. The van der Waals surface area contributed by atoms with Crippen LogP contribution in [0.2, 0.25) is 0 Å². The van der Waals surface area contributed by atoms with Crippen LogP contribution in [0, 0.1) is 6.92 Å². The van der Waals surface area contributed by atoms with Gasteiger partial charge in [-0.05, 0) is 31.2 Å². The number of hydrogen-bond donors (Lipinski definition) is 1. The fourth-order valence-corrected chi connectivity index (χ4v) is 1.61. The molecule has 1 aromatic carbocycles. The highest BCUT2D eigenvalue weighted by Gasteiger charge is 2.29. The van der Waals surface area contributed by atoms with E-state index >= 15 is 0 Å². The number of benzene rings is 1. The number of ether oxygens (including phenoxy) is 1. The summed E-state index contributed by atoms with van der Waals surface area (Å²) in [5.41, 5.74) is 5.54.